The van der Waals surface area contributed by atoms with E-state index in [1.165, 1.54) is 6.33 Å². The summed E-state index contributed by atoms with van der Waals surface area (Å²) in [6.07, 6.45) is 4.77. The highest BCUT2D eigenvalue weighted by atomic mass is 16.5. The molecule has 2 aromatic heterocycles. The van der Waals surface area contributed by atoms with E-state index in [1.54, 1.807) is 12.4 Å². The number of benzene rings is 1. The molecule has 0 atom stereocenters. The number of aromatic nitrogens is 3. The van der Waals surface area contributed by atoms with Gasteiger partial charge in [0.05, 0.1) is 11.9 Å². The summed E-state index contributed by atoms with van der Waals surface area (Å²) in [5.74, 6) is 1.45. The summed E-state index contributed by atoms with van der Waals surface area (Å²) in [6, 6.07) is 13.0. The first kappa shape index (κ1) is 12.9. The van der Waals surface area contributed by atoms with Crippen molar-refractivity contribution >= 4 is 17.2 Å². The van der Waals surface area contributed by atoms with Gasteiger partial charge in [-0.1, -0.05) is 18.2 Å². The van der Waals surface area contributed by atoms with Crippen molar-refractivity contribution in [2.75, 3.05) is 11.1 Å². The van der Waals surface area contributed by atoms with Crippen molar-refractivity contribution in [2.45, 2.75) is 0 Å². The van der Waals surface area contributed by atoms with Gasteiger partial charge in [-0.2, -0.15) is 4.98 Å². The van der Waals surface area contributed by atoms with Gasteiger partial charge in [0.15, 0.2) is 5.82 Å². The summed E-state index contributed by atoms with van der Waals surface area (Å²) in [5, 5.41) is 3.08. The largest absolute Gasteiger partial charge is 0.437 e. The highest BCUT2D eigenvalue weighted by Gasteiger charge is 2.10. The predicted octanol–water partition coefficient (Wildman–Crippen LogP) is 2.99. The number of nitrogens with zero attached hydrogens (tertiary/aromatic N) is 3. The topological polar surface area (TPSA) is 86.0 Å². The van der Waals surface area contributed by atoms with Crippen LogP contribution in [0.25, 0.3) is 0 Å². The van der Waals surface area contributed by atoms with E-state index in [2.05, 4.69) is 20.3 Å². The smallest absolute Gasteiger partial charge is 0.248 e. The van der Waals surface area contributed by atoms with Gasteiger partial charge < -0.3 is 15.8 Å². The molecule has 21 heavy (non-hydrogen) atoms. The molecule has 0 spiro atoms. The number of nitrogens with one attached hydrogen (secondary N) is 1. The molecule has 1 aromatic carbocycles. The molecule has 2 heterocycles. The molecule has 0 amide bonds. The normalized spacial score (nSPS) is 10.1. The Bertz CT molecular complexity index is 659. The van der Waals surface area contributed by atoms with Crippen LogP contribution in [0.2, 0.25) is 0 Å². The molecule has 3 rings (SSSR count). The van der Waals surface area contributed by atoms with Gasteiger partial charge in [0.2, 0.25) is 5.88 Å². The monoisotopic (exact) mass is 279 g/mol. The van der Waals surface area contributed by atoms with E-state index in [0.717, 1.165) is 5.69 Å². The van der Waals surface area contributed by atoms with Gasteiger partial charge in [-0.05, 0) is 24.3 Å². The molecule has 104 valence electrons. The number of para-hydroxylation sites is 1. The third-order valence-corrected chi connectivity index (χ3v) is 2.73. The van der Waals surface area contributed by atoms with Gasteiger partial charge in [0.1, 0.15) is 17.8 Å². The Morgan fingerprint density at radius 3 is 2.62 bits per heavy atom. The Morgan fingerprint density at radius 2 is 1.86 bits per heavy atom. The van der Waals surface area contributed by atoms with Crippen LogP contribution >= 0.6 is 0 Å². The molecule has 6 heteroatoms. The Kier molecular flexibility index (Phi) is 3.60. The standard InChI is InChI=1S/C15H13N5O/c16-13-14(20-11-5-4-8-17-9-11)18-10-19-15(13)21-12-6-2-1-3-7-12/h1-10H,16H2,(H,18,19,20). The number of hydrogen-bond donors (Lipinski definition) is 2. The molecule has 3 N–H and O–H groups in total. The third-order valence-electron chi connectivity index (χ3n) is 2.73. The maximum atomic E-state index is 6.05. The lowest BCUT2D eigenvalue weighted by molar-refractivity contribution is 0.464. The average Bonchev–Trinajstić information content (AvgIpc) is 2.53. The Hall–Kier alpha value is -3.15. The van der Waals surface area contributed by atoms with Gasteiger partial charge in [-0.15, -0.1) is 0 Å². The molecule has 3 aromatic rings. The SMILES string of the molecule is Nc1c(Nc2cccnc2)ncnc1Oc1ccccc1. The highest BCUT2D eigenvalue weighted by molar-refractivity contribution is 5.72. The predicted molar refractivity (Wildman–Crippen MR) is 80.5 cm³/mol. The molecule has 0 aliphatic carbocycles. The zero-order chi connectivity index (χ0) is 14.5. The first-order valence-electron chi connectivity index (χ1n) is 6.33. The van der Waals surface area contributed by atoms with Crippen LogP contribution in [0.3, 0.4) is 0 Å². The first-order valence-corrected chi connectivity index (χ1v) is 6.33. The second-order valence-electron chi connectivity index (χ2n) is 4.22. The van der Waals surface area contributed by atoms with Crippen molar-refractivity contribution in [2.24, 2.45) is 0 Å². The molecule has 0 unspecified atom stereocenters. The van der Waals surface area contributed by atoms with E-state index in [0.29, 0.717) is 23.1 Å². The summed E-state index contributed by atoms with van der Waals surface area (Å²) in [6.45, 7) is 0. The van der Waals surface area contributed by atoms with Gasteiger partial charge in [-0.3, -0.25) is 4.98 Å². The van der Waals surface area contributed by atoms with Crippen LogP contribution in [0.4, 0.5) is 17.2 Å². The Morgan fingerprint density at radius 1 is 1.00 bits per heavy atom. The van der Waals surface area contributed by atoms with Crippen molar-refractivity contribution in [3.63, 3.8) is 0 Å². The van der Waals surface area contributed by atoms with Crippen LogP contribution in [-0.4, -0.2) is 15.0 Å². The minimum atomic E-state index is 0.308. The maximum Gasteiger partial charge on any atom is 0.248 e. The van der Waals surface area contributed by atoms with Crippen LogP contribution in [0.5, 0.6) is 11.6 Å². The van der Waals surface area contributed by atoms with E-state index in [-0.39, 0.29) is 0 Å². The van der Waals surface area contributed by atoms with E-state index >= 15 is 0 Å². The number of rotatable bonds is 4. The van der Waals surface area contributed by atoms with Gasteiger partial charge in [0, 0.05) is 6.20 Å². The number of ether oxygens (including phenoxy) is 1. The minimum Gasteiger partial charge on any atom is -0.437 e. The van der Waals surface area contributed by atoms with E-state index in [9.17, 15) is 0 Å². The fraction of sp³-hybridized carbons (Fsp3) is 0. The second kappa shape index (κ2) is 5.87. The fourth-order valence-corrected chi connectivity index (χ4v) is 1.73. The van der Waals surface area contributed by atoms with E-state index in [4.69, 9.17) is 10.5 Å². The number of anilines is 3. The lowest BCUT2D eigenvalue weighted by Crippen LogP contribution is -2.03. The summed E-state index contributed by atoms with van der Waals surface area (Å²) in [5.41, 5.74) is 7.17. The summed E-state index contributed by atoms with van der Waals surface area (Å²) in [7, 11) is 0. The summed E-state index contributed by atoms with van der Waals surface area (Å²) < 4.78 is 5.66. The average molecular weight is 279 g/mol. The molecule has 0 bridgehead atoms. The van der Waals surface area contributed by atoms with Crippen LogP contribution in [0, 0.1) is 0 Å². The van der Waals surface area contributed by atoms with E-state index in [1.807, 2.05) is 42.5 Å². The van der Waals surface area contributed by atoms with E-state index < -0.39 is 0 Å². The van der Waals surface area contributed by atoms with Gasteiger partial charge in [0.25, 0.3) is 0 Å². The van der Waals surface area contributed by atoms with Crippen LogP contribution in [-0.2, 0) is 0 Å². The zero-order valence-corrected chi connectivity index (χ0v) is 11.1. The van der Waals surface area contributed by atoms with Gasteiger partial charge >= 0.3 is 0 Å². The lowest BCUT2D eigenvalue weighted by atomic mass is 10.3. The van der Waals surface area contributed by atoms with Crippen molar-refractivity contribution in [1.82, 2.24) is 15.0 Å². The molecular weight excluding hydrogens is 266 g/mol. The molecule has 0 aliphatic heterocycles. The maximum absolute atomic E-state index is 6.05. The van der Waals surface area contributed by atoms with Crippen molar-refractivity contribution in [3.05, 3.63) is 61.2 Å². The molecule has 6 nitrogen and oxygen atoms in total. The summed E-state index contributed by atoms with van der Waals surface area (Å²) >= 11 is 0. The molecule has 0 radical (unpaired) electrons. The zero-order valence-electron chi connectivity index (χ0n) is 11.1. The van der Waals surface area contributed by atoms with Crippen LogP contribution < -0.4 is 15.8 Å². The molecular formula is C15H13N5O. The number of pyridine rings is 1. The molecule has 0 saturated heterocycles. The molecule has 0 saturated carbocycles. The Labute approximate surface area is 121 Å². The molecule has 0 fully saturated rings. The van der Waals surface area contributed by atoms with Gasteiger partial charge in [-0.25, -0.2) is 4.98 Å². The first-order chi connectivity index (χ1) is 10.3. The Balaban J connectivity index is 1.85. The molecule has 0 aliphatic rings. The van der Waals surface area contributed by atoms with Crippen molar-refractivity contribution in [1.29, 1.82) is 0 Å². The van der Waals surface area contributed by atoms with Crippen molar-refractivity contribution < 1.29 is 4.74 Å². The van der Waals surface area contributed by atoms with Crippen LogP contribution in [0.15, 0.2) is 61.2 Å². The second-order valence-corrected chi connectivity index (χ2v) is 4.22. The number of nitrogens with two attached hydrogens (primary N) is 1. The highest BCUT2D eigenvalue weighted by Crippen LogP contribution is 2.30. The third kappa shape index (κ3) is 3.06. The number of hydrogen-bond acceptors (Lipinski definition) is 6. The number of nitrogen functional groups attached to an aromatic ring is 1. The minimum absolute atomic E-state index is 0.308. The quantitative estimate of drug-likeness (QED) is 0.763. The van der Waals surface area contributed by atoms with Crippen LogP contribution in [0.1, 0.15) is 0 Å². The fourth-order valence-electron chi connectivity index (χ4n) is 1.73. The summed E-state index contributed by atoms with van der Waals surface area (Å²) in [4.78, 5) is 12.2. The lowest BCUT2D eigenvalue weighted by Gasteiger charge is -2.11. The van der Waals surface area contributed by atoms with Crippen molar-refractivity contribution in [3.8, 4) is 11.6 Å².